The number of aliphatic hydroxyl groups excluding tert-OH is 1. The largest absolute Gasteiger partial charge is 0.393 e. The molecule has 1 fully saturated rings. The summed E-state index contributed by atoms with van der Waals surface area (Å²) in [6.07, 6.45) is 3.45. The molecule has 0 aromatic carbocycles. The SMILES string of the molecule is NS(=O)(=O)OC[C@H]1C[C@@H](Nc2ncncc2C(=O)c2cc(C3NCCc4ccc(Cl)nc43)c(Cl)s2)C[C@@H]1O. The fraction of sp³-hybridized carbons (Fsp3) is 0.391. The number of halogens is 2. The maximum atomic E-state index is 13.6. The molecule has 0 bridgehead atoms. The minimum atomic E-state index is -4.11. The molecule has 4 heterocycles. The molecule has 15 heteroatoms. The number of carbonyl (C=O) groups is 1. The summed E-state index contributed by atoms with van der Waals surface area (Å²) >= 11 is 13.9. The van der Waals surface area contributed by atoms with Crippen LogP contribution in [0, 0.1) is 5.92 Å². The number of aromatic nitrogens is 3. The number of rotatable bonds is 8. The molecule has 3 aromatic heterocycles. The first kappa shape index (κ1) is 27.3. The fourth-order valence-electron chi connectivity index (χ4n) is 4.86. The van der Waals surface area contributed by atoms with Crippen LogP contribution in [-0.4, -0.2) is 59.6 Å². The number of anilines is 1. The van der Waals surface area contributed by atoms with Crippen molar-refractivity contribution in [3.05, 3.63) is 67.5 Å². The molecule has 0 saturated heterocycles. The number of hydrogen-bond acceptors (Lipinski definition) is 11. The lowest BCUT2D eigenvalue weighted by molar-refractivity contribution is 0.101. The van der Waals surface area contributed by atoms with Crippen molar-refractivity contribution < 1.29 is 22.5 Å². The summed E-state index contributed by atoms with van der Waals surface area (Å²) < 4.78 is 27.3. The van der Waals surface area contributed by atoms with E-state index in [1.807, 2.05) is 6.07 Å². The van der Waals surface area contributed by atoms with Crippen LogP contribution in [-0.2, 0) is 20.9 Å². The molecule has 5 N–H and O–H groups in total. The number of carbonyl (C=O) groups excluding carboxylic acids is 1. The second kappa shape index (κ2) is 11.1. The average Bonchev–Trinajstić information content (AvgIpc) is 3.43. The molecule has 38 heavy (non-hydrogen) atoms. The van der Waals surface area contributed by atoms with Gasteiger partial charge in [-0.3, -0.25) is 8.98 Å². The first-order valence-electron chi connectivity index (χ1n) is 11.7. The molecule has 2 aliphatic rings. The van der Waals surface area contributed by atoms with Crippen LogP contribution < -0.4 is 15.8 Å². The van der Waals surface area contributed by atoms with Gasteiger partial charge in [-0.15, -0.1) is 11.3 Å². The second-order valence-corrected chi connectivity index (χ2v) is 12.4. The van der Waals surface area contributed by atoms with E-state index < -0.39 is 22.3 Å². The van der Waals surface area contributed by atoms with Crippen LogP contribution in [0.1, 0.15) is 50.9 Å². The van der Waals surface area contributed by atoms with Crippen LogP contribution in [0.5, 0.6) is 0 Å². The van der Waals surface area contributed by atoms with Crippen molar-refractivity contribution in [1.82, 2.24) is 20.3 Å². The van der Waals surface area contributed by atoms with Gasteiger partial charge >= 0.3 is 10.3 Å². The Kier molecular flexibility index (Phi) is 7.99. The highest BCUT2D eigenvalue weighted by Gasteiger charge is 2.35. The Morgan fingerprint density at radius 1 is 1.32 bits per heavy atom. The Bertz CT molecular complexity index is 1470. The number of hydrogen-bond donors (Lipinski definition) is 4. The standard InChI is InChI=1S/C23H24Cl2N6O5S2/c24-18-2-1-11-3-4-28-20(19(11)31-18)14-7-17(37-22(14)25)21(33)15-8-27-10-29-23(15)30-13-5-12(16(32)6-13)9-36-38(26,34)35/h1-2,7-8,10,12-13,16,20,28,32H,3-6,9H2,(H2,26,34,35)(H,27,29,30)/t12-,13-,16+,20?/m1/s1. The van der Waals surface area contributed by atoms with Crippen LogP contribution in [0.2, 0.25) is 9.49 Å². The lowest BCUT2D eigenvalue weighted by Gasteiger charge is -2.25. The normalized spacial score (nSPS) is 23.3. The van der Waals surface area contributed by atoms with Gasteiger partial charge in [0.25, 0.3) is 0 Å². The van der Waals surface area contributed by atoms with Crippen LogP contribution in [0.25, 0.3) is 0 Å². The Hall–Kier alpha value is -2.23. The lowest BCUT2D eigenvalue weighted by atomic mass is 9.95. The van der Waals surface area contributed by atoms with Gasteiger partial charge in [0.2, 0.25) is 5.78 Å². The predicted octanol–water partition coefficient (Wildman–Crippen LogP) is 2.48. The zero-order valence-electron chi connectivity index (χ0n) is 19.8. The number of pyridine rings is 1. The number of aliphatic hydroxyl groups is 1. The predicted molar refractivity (Wildman–Crippen MR) is 143 cm³/mol. The van der Waals surface area contributed by atoms with Crippen molar-refractivity contribution in [2.24, 2.45) is 11.1 Å². The summed E-state index contributed by atoms with van der Waals surface area (Å²) in [6, 6.07) is 4.89. The highest BCUT2D eigenvalue weighted by atomic mass is 35.5. The van der Waals surface area contributed by atoms with E-state index in [1.165, 1.54) is 12.5 Å². The second-order valence-electron chi connectivity index (χ2n) is 9.19. The molecule has 1 aliphatic heterocycles. The molecule has 4 atom stereocenters. The van der Waals surface area contributed by atoms with E-state index in [2.05, 4.69) is 29.8 Å². The molecule has 202 valence electrons. The maximum absolute atomic E-state index is 13.6. The summed E-state index contributed by atoms with van der Waals surface area (Å²) in [6.45, 7) is 0.496. The molecular weight excluding hydrogens is 575 g/mol. The molecule has 0 amide bonds. The van der Waals surface area contributed by atoms with Gasteiger partial charge in [0, 0.05) is 30.3 Å². The topological polar surface area (TPSA) is 169 Å². The van der Waals surface area contributed by atoms with Gasteiger partial charge in [0.15, 0.2) is 0 Å². The molecule has 3 aromatic rings. The van der Waals surface area contributed by atoms with Crippen LogP contribution in [0.4, 0.5) is 5.82 Å². The monoisotopic (exact) mass is 598 g/mol. The number of nitrogens with one attached hydrogen (secondary N) is 2. The highest BCUT2D eigenvalue weighted by Crippen LogP contribution is 2.39. The smallest absolute Gasteiger partial charge is 0.333 e. The Morgan fingerprint density at radius 2 is 2.13 bits per heavy atom. The third-order valence-corrected chi connectivity index (χ3v) is 8.71. The first-order chi connectivity index (χ1) is 18.1. The third-order valence-electron chi connectivity index (χ3n) is 6.64. The third kappa shape index (κ3) is 6.00. The zero-order valence-corrected chi connectivity index (χ0v) is 22.9. The van der Waals surface area contributed by atoms with E-state index in [1.54, 1.807) is 12.1 Å². The van der Waals surface area contributed by atoms with E-state index in [0.717, 1.165) is 41.1 Å². The summed E-state index contributed by atoms with van der Waals surface area (Å²) in [5.41, 5.74) is 2.84. The molecule has 1 saturated carbocycles. The first-order valence-corrected chi connectivity index (χ1v) is 14.8. The van der Waals surface area contributed by atoms with Crippen molar-refractivity contribution in [2.75, 3.05) is 18.5 Å². The average molecular weight is 600 g/mol. The summed E-state index contributed by atoms with van der Waals surface area (Å²) in [4.78, 5) is 26.7. The summed E-state index contributed by atoms with van der Waals surface area (Å²) in [5.74, 6) is -0.455. The Morgan fingerprint density at radius 3 is 2.92 bits per heavy atom. The molecule has 11 nitrogen and oxygen atoms in total. The Balaban J connectivity index is 1.35. The molecule has 0 spiro atoms. The molecule has 5 rings (SSSR count). The van der Waals surface area contributed by atoms with Gasteiger partial charge in [-0.1, -0.05) is 29.3 Å². The van der Waals surface area contributed by atoms with Gasteiger partial charge in [-0.2, -0.15) is 8.42 Å². The number of thiophene rings is 1. The minimum Gasteiger partial charge on any atom is -0.393 e. The van der Waals surface area contributed by atoms with Crippen LogP contribution in [0.15, 0.2) is 30.7 Å². The molecular formula is C23H24Cl2N6O5S2. The summed E-state index contributed by atoms with van der Waals surface area (Å²) in [7, 11) is -4.11. The van der Waals surface area contributed by atoms with E-state index in [9.17, 15) is 18.3 Å². The lowest BCUT2D eigenvalue weighted by Crippen LogP contribution is -2.31. The van der Waals surface area contributed by atoms with Crippen LogP contribution in [0.3, 0.4) is 0 Å². The van der Waals surface area contributed by atoms with Gasteiger partial charge in [0.1, 0.15) is 17.3 Å². The molecule has 1 aliphatic carbocycles. The van der Waals surface area contributed by atoms with E-state index >= 15 is 0 Å². The minimum absolute atomic E-state index is 0.234. The van der Waals surface area contributed by atoms with E-state index in [-0.39, 0.29) is 30.0 Å². The Labute approximate surface area is 233 Å². The number of ketones is 1. The zero-order chi connectivity index (χ0) is 27.0. The van der Waals surface area contributed by atoms with Crippen molar-refractivity contribution >= 4 is 56.4 Å². The fourth-order valence-corrected chi connectivity index (χ4v) is 6.66. The highest BCUT2D eigenvalue weighted by molar-refractivity contribution is 7.84. The van der Waals surface area contributed by atoms with Crippen molar-refractivity contribution in [1.29, 1.82) is 0 Å². The van der Waals surface area contributed by atoms with E-state index in [4.69, 9.17) is 28.3 Å². The quantitative estimate of drug-likeness (QED) is 0.223. The van der Waals surface area contributed by atoms with Crippen molar-refractivity contribution in [3.8, 4) is 0 Å². The number of fused-ring (bicyclic) bond motifs is 1. The van der Waals surface area contributed by atoms with Gasteiger partial charge in [-0.05, 0) is 37.0 Å². The molecule has 1 unspecified atom stereocenters. The van der Waals surface area contributed by atoms with Crippen molar-refractivity contribution in [3.63, 3.8) is 0 Å². The van der Waals surface area contributed by atoms with Gasteiger partial charge in [0.05, 0.1) is 39.2 Å². The maximum Gasteiger partial charge on any atom is 0.333 e. The van der Waals surface area contributed by atoms with Crippen LogP contribution >= 0.6 is 34.5 Å². The molecule has 0 radical (unpaired) electrons. The number of nitrogens with zero attached hydrogens (tertiary/aromatic N) is 3. The summed E-state index contributed by atoms with van der Waals surface area (Å²) in [5, 5.41) is 22.2. The van der Waals surface area contributed by atoms with Gasteiger partial charge < -0.3 is 15.7 Å². The van der Waals surface area contributed by atoms with E-state index in [0.29, 0.717) is 33.0 Å². The van der Waals surface area contributed by atoms with Crippen molar-refractivity contribution in [2.45, 2.75) is 37.5 Å². The van der Waals surface area contributed by atoms with Gasteiger partial charge in [-0.25, -0.2) is 20.1 Å². The number of nitrogens with two attached hydrogens (primary N) is 1.